The van der Waals surface area contributed by atoms with E-state index in [9.17, 15) is 5.26 Å². The zero-order chi connectivity index (χ0) is 25.8. The summed E-state index contributed by atoms with van der Waals surface area (Å²) in [5, 5.41) is 27.0. The molecule has 4 aromatic rings. The lowest BCUT2D eigenvalue weighted by Gasteiger charge is -2.61. The van der Waals surface area contributed by atoms with E-state index in [-0.39, 0.29) is 17.0 Å². The molecule has 0 aliphatic heterocycles. The molecule has 0 amide bonds. The molecule has 1 aromatic carbocycles. The van der Waals surface area contributed by atoms with Gasteiger partial charge in [0.25, 0.3) is 0 Å². The zero-order valence-electron chi connectivity index (χ0n) is 21.7. The molecule has 2 bridgehead atoms. The predicted octanol–water partition coefficient (Wildman–Crippen LogP) is 4.96. The minimum absolute atomic E-state index is 0.0698. The van der Waals surface area contributed by atoms with E-state index >= 15 is 0 Å². The molecule has 3 saturated carbocycles. The second-order valence-electron chi connectivity index (χ2n) is 11.7. The van der Waals surface area contributed by atoms with Crippen molar-refractivity contribution in [2.75, 3.05) is 17.2 Å². The molecule has 7 rings (SSSR count). The first-order chi connectivity index (χ1) is 17.7. The second kappa shape index (κ2) is 8.51. The van der Waals surface area contributed by atoms with E-state index < -0.39 is 0 Å². The van der Waals surface area contributed by atoms with Gasteiger partial charge in [0, 0.05) is 35.1 Å². The Morgan fingerprint density at radius 2 is 2.00 bits per heavy atom. The Labute approximate surface area is 216 Å². The fourth-order valence-corrected chi connectivity index (χ4v) is 5.46. The fourth-order valence-electron chi connectivity index (χ4n) is 5.46. The van der Waals surface area contributed by atoms with E-state index in [0.717, 1.165) is 40.5 Å². The first-order valence-corrected chi connectivity index (χ1v) is 12.8. The average Bonchev–Trinajstić information content (AvgIpc) is 3.28. The van der Waals surface area contributed by atoms with Gasteiger partial charge in [0.2, 0.25) is 0 Å². The van der Waals surface area contributed by atoms with E-state index in [0.29, 0.717) is 16.9 Å². The number of hydrogen-bond acceptors (Lipinski definition) is 8. The summed E-state index contributed by atoms with van der Waals surface area (Å²) in [6.07, 6.45) is 8.96. The Hall–Kier alpha value is -4.06. The lowest BCUT2D eigenvalue weighted by molar-refractivity contribution is -0.0989. The third-order valence-electron chi connectivity index (χ3n) is 7.61. The van der Waals surface area contributed by atoms with Gasteiger partial charge >= 0.3 is 0 Å². The highest BCUT2D eigenvalue weighted by molar-refractivity contribution is 5.95. The quantitative estimate of drug-likeness (QED) is 0.371. The number of benzene rings is 1. The number of fused-ring (bicyclic) bond motifs is 1. The van der Waals surface area contributed by atoms with Crippen LogP contribution < -0.4 is 10.6 Å². The van der Waals surface area contributed by atoms with Crippen molar-refractivity contribution in [3.63, 3.8) is 0 Å². The van der Waals surface area contributed by atoms with E-state index in [4.69, 9.17) is 0 Å². The van der Waals surface area contributed by atoms with Crippen molar-refractivity contribution < 1.29 is 0 Å². The van der Waals surface area contributed by atoms with Crippen LogP contribution in [0.15, 0.2) is 43.0 Å². The molecule has 9 nitrogen and oxygen atoms in total. The molecule has 0 radical (unpaired) electrons. The number of aryl methyl sites for hydroxylation is 1. The number of nitrogens with zero attached hydrogens (tertiary/aromatic N) is 7. The topological polar surface area (TPSA) is 117 Å². The molecule has 3 aromatic heterocycles. The van der Waals surface area contributed by atoms with Gasteiger partial charge in [-0.05, 0) is 55.7 Å². The Balaban J connectivity index is 1.41. The molecule has 3 aliphatic rings. The van der Waals surface area contributed by atoms with Gasteiger partial charge in [0.15, 0.2) is 0 Å². The van der Waals surface area contributed by atoms with Gasteiger partial charge in [-0.25, -0.2) is 14.6 Å². The van der Waals surface area contributed by atoms with Gasteiger partial charge in [0.1, 0.15) is 23.9 Å². The maximum absolute atomic E-state index is 9.96. The summed E-state index contributed by atoms with van der Waals surface area (Å²) in [5.74, 6) is 1.57. The Bertz CT molecular complexity index is 1510. The van der Waals surface area contributed by atoms with Crippen molar-refractivity contribution in [3.05, 3.63) is 65.5 Å². The third-order valence-corrected chi connectivity index (χ3v) is 7.61. The number of anilines is 2. The molecule has 0 unspecified atom stereocenters. The number of pyridine rings is 1. The molecule has 2 N–H and O–H groups in total. The van der Waals surface area contributed by atoms with Gasteiger partial charge in [0.05, 0.1) is 28.9 Å². The molecule has 3 fully saturated rings. The van der Waals surface area contributed by atoms with Crippen LogP contribution in [0.2, 0.25) is 0 Å². The zero-order valence-corrected chi connectivity index (χ0v) is 21.7. The number of rotatable bonds is 7. The summed E-state index contributed by atoms with van der Waals surface area (Å²) in [6, 6.07) is 9.88. The Kier molecular flexibility index (Phi) is 5.37. The first kappa shape index (κ1) is 23.3. The van der Waals surface area contributed by atoms with Crippen LogP contribution in [0, 0.1) is 29.6 Å². The summed E-state index contributed by atoms with van der Waals surface area (Å²) in [7, 11) is 0. The molecular weight excluding hydrogens is 462 g/mol. The van der Waals surface area contributed by atoms with Crippen molar-refractivity contribution in [1.82, 2.24) is 29.9 Å². The highest BCUT2D eigenvalue weighted by Gasteiger charge is 2.58. The van der Waals surface area contributed by atoms with Crippen molar-refractivity contribution in [1.29, 1.82) is 5.26 Å². The maximum Gasteiger partial charge on any atom is 0.137 e. The van der Waals surface area contributed by atoms with Crippen molar-refractivity contribution >= 4 is 22.4 Å². The van der Waals surface area contributed by atoms with Gasteiger partial charge in [-0.2, -0.15) is 5.26 Å². The molecule has 188 valence electrons. The molecule has 3 aliphatic carbocycles. The van der Waals surface area contributed by atoms with Crippen molar-refractivity contribution in [2.45, 2.75) is 58.5 Å². The lowest BCUT2D eigenvalue weighted by Crippen LogP contribution is -2.59. The first-order valence-electron chi connectivity index (χ1n) is 12.8. The van der Waals surface area contributed by atoms with Crippen LogP contribution in [0.5, 0.6) is 0 Å². The molecule has 37 heavy (non-hydrogen) atoms. The van der Waals surface area contributed by atoms with Crippen LogP contribution in [0.25, 0.3) is 10.9 Å². The van der Waals surface area contributed by atoms with Crippen LogP contribution in [0.4, 0.5) is 11.5 Å². The van der Waals surface area contributed by atoms with E-state index in [1.807, 2.05) is 25.1 Å². The Morgan fingerprint density at radius 3 is 2.68 bits per heavy atom. The van der Waals surface area contributed by atoms with E-state index in [1.165, 1.54) is 25.6 Å². The fraction of sp³-hybridized carbons (Fsp3) is 0.429. The van der Waals surface area contributed by atoms with Crippen LogP contribution >= 0.6 is 0 Å². The smallest absolute Gasteiger partial charge is 0.137 e. The molecular formula is C28H31N9. The Morgan fingerprint density at radius 1 is 1.19 bits per heavy atom. The largest absolute Gasteiger partial charge is 0.373 e. The molecule has 1 atom stereocenters. The SMILES string of the molecule is Cc1ncccc1[C@H](Nc1cc(C#N)c2ncnc(NCC(C)(C)C)c2c1)c1cn(C23CC(C2)C3)nn1. The second-order valence-corrected chi connectivity index (χ2v) is 11.7. The average molecular weight is 494 g/mol. The predicted molar refractivity (Wildman–Crippen MR) is 142 cm³/mol. The number of hydrogen-bond donors (Lipinski definition) is 2. The monoisotopic (exact) mass is 493 g/mol. The maximum atomic E-state index is 9.96. The molecule has 0 saturated heterocycles. The lowest BCUT2D eigenvalue weighted by atomic mass is 9.50. The van der Waals surface area contributed by atoms with Gasteiger partial charge in [-0.3, -0.25) is 4.98 Å². The van der Waals surface area contributed by atoms with Gasteiger partial charge < -0.3 is 10.6 Å². The summed E-state index contributed by atoms with van der Waals surface area (Å²) < 4.78 is 2.06. The summed E-state index contributed by atoms with van der Waals surface area (Å²) in [6.45, 7) is 9.23. The van der Waals surface area contributed by atoms with E-state index in [2.05, 4.69) is 79.7 Å². The van der Waals surface area contributed by atoms with Crippen LogP contribution in [0.1, 0.15) is 68.6 Å². The number of aromatic nitrogens is 6. The van der Waals surface area contributed by atoms with Crippen molar-refractivity contribution in [2.24, 2.45) is 11.3 Å². The normalized spacial score (nSPS) is 21.0. The van der Waals surface area contributed by atoms with E-state index in [1.54, 1.807) is 6.20 Å². The van der Waals surface area contributed by atoms with Crippen molar-refractivity contribution in [3.8, 4) is 6.07 Å². The summed E-state index contributed by atoms with van der Waals surface area (Å²) in [5.41, 5.74) is 4.88. The molecule has 0 spiro atoms. The number of nitriles is 1. The van der Waals surface area contributed by atoms with Crippen LogP contribution in [-0.2, 0) is 5.54 Å². The standard InChI is InChI=1S/C28H31N9/c1-17-21(6-5-7-30-17)25(23-14-37(36-35-23)28-10-18(11-28)12-28)34-20-8-19(13-29)24-22(9-20)26(33-16-32-24)31-15-27(2,3)4/h5-9,14,16,18,25,34H,10-12,15H2,1-4H3,(H,31,32,33)/t18?,25-,28?/m0/s1. The third kappa shape index (κ3) is 4.16. The van der Waals surface area contributed by atoms with Gasteiger partial charge in [-0.15, -0.1) is 5.10 Å². The van der Waals surface area contributed by atoms with Gasteiger partial charge in [-0.1, -0.05) is 32.1 Å². The van der Waals surface area contributed by atoms with Crippen LogP contribution in [0.3, 0.4) is 0 Å². The molecule has 3 heterocycles. The minimum Gasteiger partial charge on any atom is -0.373 e. The molecule has 9 heteroatoms. The van der Waals surface area contributed by atoms with Crippen LogP contribution in [-0.4, -0.2) is 36.5 Å². The number of nitrogens with one attached hydrogen (secondary N) is 2. The minimum atomic E-state index is -0.283. The summed E-state index contributed by atoms with van der Waals surface area (Å²) >= 11 is 0. The summed E-state index contributed by atoms with van der Waals surface area (Å²) in [4.78, 5) is 13.4. The highest BCUT2D eigenvalue weighted by Crippen LogP contribution is 2.62. The highest BCUT2D eigenvalue weighted by atomic mass is 15.5.